The van der Waals surface area contributed by atoms with Gasteiger partial charge in [0.25, 0.3) is 0 Å². The van der Waals surface area contributed by atoms with Crippen LogP contribution in [0.3, 0.4) is 0 Å². The zero-order chi connectivity index (χ0) is 14.6. The third-order valence-corrected chi connectivity index (χ3v) is 5.09. The highest BCUT2D eigenvalue weighted by Gasteiger charge is 2.19. The van der Waals surface area contributed by atoms with Gasteiger partial charge in [-0.3, -0.25) is 4.72 Å². The molecule has 0 radical (unpaired) electrons. The first-order valence-electron chi connectivity index (χ1n) is 6.65. The van der Waals surface area contributed by atoms with E-state index in [2.05, 4.69) is 26.0 Å². The van der Waals surface area contributed by atoms with Crippen LogP contribution in [0.25, 0.3) is 0 Å². The van der Waals surface area contributed by atoms with Crippen LogP contribution < -0.4 is 10.0 Å². The highest BCUT2D eigenvalue weighted by molar-refractivity contribution is 9.10. The SMILES string of the molecule is O=S(=O)(CCCCNC1CC1)Nc1cc(F)ccc1Br. The van der Waals surface area contributed by atoms with Crippen molar-refractivity contribution in [3.63, 3.8) is 0 Å². The second kappa shape index (κ2) is 6.87. The first-order chi connectivity index (χ1) is 9.46. The fraction of sp³-hybridized carbons (Fsp3) is 0.538. The Hall–Kier alpha value is -0.660. The lowest BCUT2D eigenvalue weighted by molar-refractivity contribution is 0.590. The first kappa shape index (κ1) is 15.7. The molecule has 1 aromatic carbocycles. The molecule has 1 fully saturated rings. The normalized spacial score (nSPS) is 15.3. The maximum absolute atomic E-state index is 13.1. The van der Waals surface area contributed by atoms with Gasteiger partial charge in [-0.15, -0.1) is 0 Å². The predicted octanol–water partition coefficient (Wildman–Crippen LogP) is 2.86. The number of hydrogen-bond acceptors (Lipinski definition) is 3. The zero-order valence-electron chi connectivity index (χ0n) is 11.0. The van der Waals surface area contributed by atoms with E-state index < -0.39 is 15.8 Å². The van der Waals surface area contributed by atoms with E-state index in [0.717, 1.165) is 19.0 Å². The van der Waals surface area contributed by atoms with Crippen LogP contribution in [0.15, 0.2) is 22.7 Å². The number of benzene rings is 1. The minimum absolute atomic E-state index is 0.0439. The van der Waals surface area contributed by atoms with Crippen LogP contribution in [0.4, 0.5) is 10.1 Å². The molecule has 0 aliphatic heterocycles. The van der Waals surface area contributed by atoms with Crippen LogP contribution in [-0.4, -0.2) is 26.8 Å². The Morgan fingerprint density at radius 1 is 1.30 bits per heavy atom. The molecular weight excluding hydrogens is 347 g/mol. The van der Waals surface area contributed by atoms with Crippen molar-refractivity contribution in [1.29, 1.82) is 0 Å². The van der Waals surface area contributed by atoms with Crippen LogP contribution in [0.2, 0.25) is 0 Å². The van der Waals surface area contributed by atoms with Crippen LogP contribution in [0, 0.1) is 5.82 Å². The summed E-state index contributed by atoms with van der Waals surface area (Å²) in [7, 11) is -3.43. The van der Waals surface area contributed by atoms with Gasteiger partial charge in [0.2, 0.25) is 10.0 Å². The quantitative estimate of drug-likeness (QED) is 0.697. The fourth-order valence-corrected chi connectivity index (χ4v) is 3.47. The Labute approximate surface area is 127 Å². The van der Waals surface area contributed by atoms with Gasteiger partial charge in [0, 0.05) is 10.5 Å². The molecule has 1 saturated carbocycles. The summed E-state index contributed by atoms with van der Waals surface area (Å²) in [4.78, 5) is 0. The van der Waals surface area contributed by atoms with Gasteiger partial charge in [0.1, 0.15) is 5.82 Å². The predicted molar refractivity (Wildman–Crippen MR) is 81.8 cm³/mol. The second-order valence-electron chi connectivity index (χ2n) is 4.98. The average Bonchev–Trinajstić information content (AvgIpc) is 3.17. The topological polar surface area (TPSA) is 58.2 Å². The monoisotopic (exact) mass is 364 g/mol. The van der Waals surface area contributed by atoms with Crippen molar-refractivity contribution in [3.05, 3.63) is 28.5 Å². The molecule has 20 heavy (non-hydrogen) atoms. The second-order valence-corrected chi connectivity index (χ2v) is 7.68. The minimum atomic E-state index is -3.43. The summed E-state index contributed by atoms with van der Waals surface area (Å²) in [6.45, 7) is 0.851. The molecule has 0 aromatic heterocycles. The van der Waals surface area contributed by atoms with Gasteiger partial charge in [-0.05, 0) is 66.4 Å². The minimum Gasteiger partial charge on any atom is -0.314 e. The molecule has 2 N–H and O–H groups in total. The molecule has 0 bridgehead atoms. The number of nitrogens with one attached hydrogen (secondary N) is 2. The number of unbranched alkanes of at least 4 members (excludes halogenated alkanes) is 1. The molecule has 2 rings (SSSR count). The summed E-state index contributed by atoms with van der Waals surface area (Å²) in [6, 6.07) is 4.56. The van der Waals surface area contributed by atoms with E-state index in [-0.39, 0.29) is 11.4 Å². The maximum Gasteiger partial charge on any atom is 0.232 e. The van der Waals surface area contributed by atoms with Crippen LogP contribution in [-0.2, 0) is 10.0 Å². The van der Waals surface area contributed by atoms with Crippen molar-refractivity contribution in [1.82, 2.24) is 5.32 Å². The van der Waals surface area contributed by atoms with E-state index in [4.69, 9.17) is 0 Å². The van der Waals surface area contributed by atoms with Crippen molar-refractivity contribution in [3.8, 4) is 0 Å². The summed E-state index contributed by atoms with van der Waals surface area (Å²) in [5.41, 5.74) is 0.237. The molecule has 4 nitrogen and oxygen atoms in total. The Morgan fingerprint density at radius 2 is 2.05 bits per heavy atom. The third-order valence-electron chi connectivity index (χ3n) is 3.04. The molecule has 7 heteroatoms. The van der Waals surface area contributed by atoms with E-state index in [1.807, 2.05) is 0 Å². The van der Waals surface area contributed by atoms with Gasteiger partial charge in [0.05, 0.1) is 11.4 Å². The van der Waals surface area contributed by atoms with Crippen LogP contribution in [0.5, 0.6) is 0 Å². The maximum atomic E-state index is 13.1. The molecule has 112 valence electrons. The van der Waals surface area contributed by atoms with Gasteiger partial charge in [-0.2, -0.15) is 0 Å². The number of halogens is 2. The van der Waals surface area contributed by atoms with Crippen LogP contribution in [0.1, 0.15) is 25.7 Å². The van der Waals surface area contributed by atoms with Gasteiger partial charge < -0.3 is 5.32 Å². The van der Waals surface area contributed by atoms with Crippen molar-refractivity contribution < 1.29 is 12.8 Å². The fourth-order valence-electron chi connectivity index (χ4n) is 1.80. The van der Waals surface area contributed by atoms with E-state index in [1.165, 1.54) is 25.0 Å². The summed E-state index contributed by atoms with van der Waals surface area (Å²) in [5, 5.41) is 3.34. The highest BCUT2D eigenvalue weighted by atomic mass is 79.9. The number of sulfonamides is 1. The number of anilines is 1. The zero-order valence-corrected chi connectivity index (χ0v) is 13.4. The third kappa shape index (κ3) is 5.38. The first-order valence-corrected chi connectivity index (χ1v) is 9.10. The molecule has 0 amide bonds. The summed E-state index contributed by atoms with van der Waals surface area (Å²) >= 11 is 3.20. The van der Waals surface area contributed by atoms with E-state index in [9.17, 15) is 12.8 Å². The van der Waals surface area contributed by atoms with Gasteiger partial charge in [0.15, 0.2) is 0 Å². The van der Waals surface area contributed by atoms with E-state index in [0.29, 0.717) is 16.9 Å². The summed E-state index contributed by atoms with van der Waals surface area (Å²) < 4.78 is 39.8. The molecule has 1 aliphatic carbocycles. The van der Waals surface area contributed by atoms with Crippen LogP contribution >= 0.6 is 15.9 Å². The highest BCUT2D eigenvalue weighted by Crippen LogP contribution is 2.24. The molecule has 1 aliphatic rings. The molecule has 0 spiro atoms. The molecule has 0 atom stereocenters. The van der Waals surface area contributed by atoms with Crippen molar-refractivity contribution in [2.24, 2.45) is 0 Å². The number of hydrogen-bond donors (Lipinski definition) is 2. The standard InChI is InChI=1S/C13H18BrFN2O2S/c14-12-6-3-10(15)9-13(12)17-20(18,19)8-2-1-7-16-11-4-5-11/h3,6,9,11,16-17H,1-2,4-5,7-8H2. The van der Waals surface area contributed by atoms with Crippen molar-refractivity contribution in [2.75, 3.05) is 17.0 Å². The van der Waals surface area contributed by atoms with Gasteiger partial charge in [-0.25, -0.2) is 12.8 Å². The average molecular weight is 365 g/mol. The lowest BCUT2D eigenvalue weighted by Gasteiger charge is -2.10. The van der Waals surface area contributed by atoms with Gasteiger partial charge in [-0.1, -0.05) is 0 Å². The Bertz CT molecular complexity index is 561. The van der Waals surface area contributed by atoms with E-state index in [1.54, 1.807) is 0 Å². The molecule has 0 unspecified atom stereocenters. The lowest BCUT2D eigenvalue weighted by Crippen LogP contribution is -2.20. The van der Waals surface area contributed by atoms with Crippen molar-refractivity contribution >= 4 is 31.6 Å². The molecule has 1 aromatic rings. The molecular formula is C13H18BrFN2O2S. The van der Waals surface area contributed by atoms with E-state index >= 15 is 0 Å². The summed E-state index contributed by atoms with van der Waals surface area (Å²) in [6.07, 6.45) is 3.87. The molecule has 0 heterocycles. The molecule has 0 saturated heterocycles. The Kier molecular flexibility index (Phi) is 5.40. The lowest BCUT2D eigenvalue weighted by atomic mass is 10.3. The smallest absolute Gasteiger partial charge is 0.232 e. The van der Waals surface area contributed by atoms with Crippen molar-refractivity contribution in [2.45, 2.75) is 31.7 Å². The Balaban J connectivity index is 1.78. The largest absolute Gasteiger partial charge is 0.314 e. The van der Waals surface area contributed by atoms with Gasteiger partial charge >= 0.3 is 0 Å². The Morgan fingerprint density at radius 3 is 2.75 bits per heavy atom. The summed E-state index contributed by atoms with van der Waals surface area (Å²) in [5.74, 6) is -0.429. The number of rotatable bonds is 8.